The van der Waals surface area contributed by atoms with Crippen LogP contribution in [-0.2, 0) is 6.54 Å². The van der Waals surface area contributed by atoms with E-state index in [-0.39, 0.29) is 5.60 Å². The molecule has 2 aliphatic heterocycles. The van der Waals surface area contributed by atoms with Gasteiger partial charge in [0, 0.05) is 65.8 Å². The Morgan fingerprint density at radius 2 is 1.97 bits per heavy atom. The number of piperidine rings is 1. The first-order valence-corrected chi connectivity index (χ1v) is 11.5. The second kappa shape index (κ2) is 8.14. The Balaban J connectivity index is 1.27. The van der Waals surface area contributed by atoms with Crippen molar-refractivity contribution in [2.45, 2.75) is 50.5 Å². The first kappa shape index (κ1) is 20.8. The molecule has 6 heteroatoms. The number of benzene rings is 2. The first-order valence-electron chi connectivity index (χ1n) is 11.1. The highest BCUT2D eigenvalue weighted by Crippen LogP contribution is 2.45. The molecule has 0 bridgehead atoms. The molecule has 0 radical (unpaired) electrons. The van der Waals surface area contributed by atoms with Crippen molar-refractivity contribution in [2.24, 2.45) is 0 Å². The highest BCUT2D eigenvalue weighted by atomic mass is 35.5. The number of likely N-dealkylation sites (tertiary alicyclic amines) is 1. The summed E-state index contributed by atoms with van der Waals surface area (Å²) in [7, 11) is 0. The normalized spacial score (nSPS) is 21.7. The van der Waals surface area contributed by atoms with E-state index >= 15 is 0 Å². The maximum absolute atomic E-state index is 11.0. The number of para-hydroxylation sites is 1. The van der Waals surface area contributed by atoms with Gasteiger partial charge < -0.3 is 24.4 Å². The number of hydrogen-bond acceptors (Lipinski definition) is 4. The van der Waals surface area contributed by atoms with Crippen molar-refractivity contribution in [1.82, 2.24) is 9.47 Å². The molecule has 0 amide bonds. The van der Waals surface area contributed by atoms with Crippen molar-refractivity contribution in [3.63, 3.8) is 0 Å². The quantitative estimate of drug-likeness (QED) is 0.617. The van der Waals surface area contributed by atoms with E-state index in [4.69, 9.17) is 16.3 Å². The largest absolute Gasteiger partial charge is 0.487 e. The summed E-state index contributed by atoms with van der Waals surface area (Å²) in [6.45, 7) is 5.27. The third kappa shape index (κ3) is 3.85. The minimum atomic E-state index is -0.556. The number of halogens is 1. The van der Waals surface area contributed by atoms with E-state index in [1.807, 2.05) is 24.3 Å². The maximum atomic E-state index is 11.0. The fraction of sp³-hybridized carbons (Fsp3) is 0.440. The van der Waals surface area contributed by atoms with Gasteiger partial charge in [0.1, 0.15) is 11.4 Å². The predicted octanol–water partition coefficient (Wildman–Crippen LogP) is 4.70. The monoisotopic (exact) mass is 440 g/mol. The standard InChI is InChI=1S/C25H29ClN2O3/c1-2-28-15-20(18-5-3-4-6-21(18)28)23(30)16-27-11-9-25(10-12-27)14-22(29)19-13-17(26)7-8-24(19)31-25/h3-8,13,15,22-23,29-30H,2,9-12,14,16H2,1H3/t22-,23-/m1/s1. The van der Waals surface area contributed by atoms with Crippen LogP contribution in [0, 0.1) is 0 Å². The summed E-state index contributed by atoms with van der Waals surface area (Å²) in [4.78, 5) is 2.31. The molecule has 1 spiro atoms. The molecular formula is C25H29ClN2O3. The van der Waals surface area contributed by atoms with Crippen LogP contribution in [0.25, 0.3) is 10.9 Å². The summed E-state index contributed by atoms with van der Waals surface area (Å²) in [5.74, 6) is 0.740. The number of nitrogens with zero attached hydrogens (tertiary/aromatic N) is 2. The summed E-state index contributed by atoms with van der Waals surface area (Å²) in [5.41, 5.74) is 2.59. The third-order valence-electron chi connectivity index (χ3n) is 6.94. The molecule has 0 saturated carbocycles. The molecule has 2 aromatic carbocycles. The van der Waals surface area contributed by atoms with Crippen LogP contribution >= 0.6 is 11.6 Å². The van der Waals surface area contributed by atoms with Crippen LogP contribution in [0.4, 0.5) is 0 Å². The molecule has 0 aliphatic carbocycles. The van der Waals surface area contributed by atoms with Gasteiger partial charge in [-0.25, -0.2) is 0 Å². The Morgan fingerprint density at radius 1 is 1.19 bits per heavy atom. The third-order valence-corrected chi connectivity index (χ3v) is 7.18. The Kier molecular flexibility index (Phi) is 5.47. The molecule has 2 atom stereocenters. The summed E-state index contributed by atoms with van der Waals surface area (Å²) >= 11 is 6.09. The number of aromatic nitrogens is 1. The molecule has 0 unspecified atom stereocenters. The molecule has 2 N–H and O–H groups in total. The van der Waals surface area contributed by atoms with E-state index in [0.717, 1.165) is 54.7 Å². The molecule has 1 aromatic heterocycles. The minimum Gasteiger partial charge on any atom is -0.487 e. The van der Waals surface area contributed by atoms with Crippen molar-refractivity contribution >= 4 is 22.5 Å². The molecule has 5 rings (SSSR count). The van der Waals surface area contributed by atoms with Crippen LogP contribution in [0.3, 0.4) is 0 Å². The Labute approximate surface area is 187 Å². The van der Waals surface area contributed by atoms with Crippen LogP contribution in [0.1, 0.15) is 49.5 Å². The van der Waals surface area contributed by atoms with Gasteiger partial charge in [0.25, 0.3) is 0 Å². The van der Waals surface area contributed by atoms with Gasteiger partial charge in [-0.1, -0.05) is 29.8 Å². The summed E-state index contributed by atoms with van der Waals surface area (Å²) in [6.07, 6.45) is 3.24. The predicted molar refractivity (Wildman–Crippen MR) is 123 cm³/mol. The number of aryl methyl sites for hydroxylation is 1. The van der Waals surface area contributed by atoms with E-state index in [9.17, 15) is 10.2 Å². The summed E-state index contributed by atoms with van der Waals surface area (Å²) in [5, 5.41) is 23.5. The van der Waals surface area contributed by atoms with Crippen molar-refractivity contribution in [3.05, 3.63) is 64.8 Å². The van der Waals surface area contributed by atoms with E-state index in [2.05, 4.69) is 34.7 Å². The molecule has 1 saturated heterocycles. The lowest BCUT2D eigenvalue weighted by molar-refractivity contribution is -0.0587. The van der Waals surface area contributed by atoms with E-state index in [0.29, 0.717) is 18.0 Å². The van der Waals surface area contributed by atoms with Crippen LogP contribution in [0.5, 0.6) is 5.75 Å². The van der Waals surface area contributed by atoms with Crippen molar-refractivity contribution in [2.75, 3.05) is 19.6 Å². The van der Waals surface area contributed by atoms with Crippen LogP contribution in [0.2, 0.25) is 5.02 Å². The Bertz CT molecular complexity index is 1090. The van der Waals surface area contributed by atoms with Gasteiger partial charge in [0.15, 0.2) is 0 Å². The number of rotatable bonds is 4. The summed E-state index contributed by atoms with van der Waals surface area (Å²) < 4.78 is 8.58. The SMILES string of the molecule is CCn1cc([C@H](O)CN2CCC3(CC2)C[C@@H](O)c2cc(Cl)ccc2O3)c2ccccc21. The number of fused-ring (bicyclic) bond motifs is 2. The van der Waals surface area contributed by atoms with Crippen molar-refractivity contribution in [1.29, 1.82) is 0 Å². The molecule has 164 valence electrons. The second-order valence-corrected chi connectivity index (χ2v) is 9.33. The van der Waals surface area contributed by atoms with Crippen molar-refractivity contribution < 1.29 is 14.9 Å². The lowest BCUT2D eigenvalue weighted by atomic mass is 9.81. The fourth-order valence-corrected chi connectivity index (χ4v) is 5.39. The topological polar surface area (TPSA) is 57.9 Å². The van der Waals surface area contributed by atoms with Crippen LogP contribution in [-0.4, -0.2) is 44.9 Å². The molecule has 5 nitrogen and oxygen atoms in total. The molecule has 1 fully saturated rings. The Morgan fingerprint density at radius 3 is 2.74 bits per heavy atom. The van der Waals surface area contributed by atoms with E-state index in [1.165, 1.54) is 5.52 Å². The highest BCUT2D eigenvalue weighted by Gasteiger charge is 2.43. The van der Waals surface area contributed by atoms with Crippen molar-refractivity contribution in [3.8, 4) is 5.75 Å². The van der Waals surface area contributed by atoms with E-state index in [1.54, 1.807) is 6.07 Å². The van der Waals surface area contributed by atoms with Gasteiger partial charge in [-0.15, -0.1) is 0 Å². The average molecular weight is 441 g/mol. The molecular weight excluding hydrogens is 412 g/mol. The van der Waals surface area contributed by atoms with Gasteiger partial charge in [0.05, 0.1) is 12.2 Å². The van der Waals surface area contributed by atoms with Gasteiger partial charge in [-0.05, 0) is 44.0 Å². The molecule has 3 aromatic rings. The first-order chi connectivity index (χ1) is 15.0. The number of hydrogen-bond donors (Lipinski definition) is 2. The summed E-state index contributed by atoms with van der Waals surface area (Å²) in [6, 6.07) is 13.7. The Hall–Kier alpha value is -2.05. The number of aliphatic hydroxyl groups excluding tert-OH is 2. The van der Waals surface area contributed by atoms with Gasteiger partial charge in [0.2, 0.25) is 0 Å². The lowest BCUT2D eigenvalue weighted by Crippen LogP contribution is -2.51. The van der Waals surface area contributed by atoms with Gasteiger partial charge in [-0.2, -0.15) is 0 Å². The molecule has 3 heterocycles. The van der Waals surface area contributed by atoms with Gasteiger partial charge >= 0.3 is 0 Å². The van der Waals surface area contributed by atoms with Crippen LogP contribution in [0.15, 0.2) is 48.7 Å². The number of aliphatic hydroxyl groups is 2. The van der Waals surface area contributed by atoms with Gasteiger partial charge in [-0.3, -0.25) is 0 Å². The minimum absolute atomic E-state index is 0.347. The smallest absolute Gasteiger partial charge is 0.126 e. The van der Waals surface area contributed by atoms with Crippen LogP contribution < -0.4 is 4.74 Å². The highest BCUT2D eigenvalue weighted by molar-refractivity contribution is 6.30. The second-order valence-electron chi connectivity index (χ2n) is 8.89. The zero-order chi connectivity index (χ0) is 21.6. The zero-order valence-electron chi connectivity index (χ0n) is 17.8. The maximum Gasteiger partial charge on any atom is 0.126 e. The zero-order valence-corrected chi connectivity index (χ0v) is 18.6. The molecule has 31 heavy (non-hydrogen) atoms. The average Bonchev–Trinajstić information content (AvgIpc) is 3.15. The van der Waals surface area contributed by atoms with E-state index < -0.39 is 12.2 Å². The molecule has 2 aliphatic rings. The fourth-order valence-electron chi connectivity index (χ4n) is 5.20. The number of β-amino-alcohol motifs (C(OH)–C–C–N with tert-alkyl or cyclic N) is 1. The number of ether oxygens (including phenoxy) is 1. The lowest BCUT2D eigenvalue weighted by Gasteiger charge is -2.46.